The Morgan fingerprint density at radius 1 is 1.06 bits per heavy atom. The lowest BCUT2D eigenvalue weighted by Crippen LogP contribution is -2.29. The number of ketones is 1. The Bertz CT molecular complexity index is 1310. The minimum Gasteiger partial charge on any atom is -0.507 e. The molecule has 1 fully saturated rings. The second-order valence-electron chi connectivity index (χ2n) is 7.34. The van der Waals surface area contributed by atoms with Crippen LogP contribution in [0.25, 0.3) is 5.76 Å². The Morgan fingerprint density at radius 2 is 1.71 bits per heavy atom. The van der Waals surface area contributed by atoms with E-state index in [-0.39, 0.29) is 16.8 Å². The zero-order valence-electron chi connectivity index (χ0n) is 17.9. The number of aliphatic hydroxyl groups is 1. The molecule has 7 nitrogen and oxygen atoms in total. The van der Waals surface area contributed by atoms with Crippen molar-refractivity contribution in [1.29, 1.82) is 0 Å². The number of hydrogen-bond acceptors (Lipinski definition) is 6. The number of carbonyl (C=O) groups is 2. The normalized spacial score (nSPS) is 17.5. The van der Waals surface area contributed by atoms with Crippen LogP contribution in [0, 0.1) is 0 Å². The molecule has 1 aromatic heterocycles. The number of hydrogen-bond donors (Lipinski definition) is 1. The number of aromatic nitrogens is 1. The van der Waals surface area contributed by atoms with Gasteiger partial charge in [0.25, 0.3) is 11.7 Å². The molecule has 1 amide bonds. The monoisotopic (exact) mass is 548 g/mol. The molecule has 35 heavy (non-hydrogen) atoms. The van der Waals surface area contributed by atoms with Crippen molar-refractivity contribution in [3.05, 3.63) is 88.2 Å². The summed E-state index contributed by atoms with van der Waals surface area (Å²) in [5, 5.41) is 11.1. The summed E-state index contributed by atoms with van der Waals surface area (Å²) < 4.78 is 47.2. The summed E-state index contributed by atoms with van der Waals surface area (Å²) >= 11 is 3.33. The average molecular weight is 549 g/mol. The number of amides is 1. The highest BCUT2D eigenvalue weighted by Crippen LogP contribution is 2.43. The van der Waals surface area contributed by atoms with Crippen LogP contribution in [0.5, 0.6) is 11.5 Å². The van der Waals surface area contributed by atoms with E-state index in [2.05, 4.69) is 25.7 Å². The molecular formula is C24H16BrF3N2O5. The summed E-state index contributed by atoms with van der Waals surface area (Å²) in [5.74, 6) is -2.32. The van der Waals surface area contributed by atoms with Crippen LogP contribution in [-0.2, 0) is 9.59 Å². The Balaban J connectivity index is 1.84. The number of alkyl halides is 3. The minimum atomic E-state index is -4.88. The van der Waals surface area contributed by atoms with Gasteiger partial charge in [-0.3, -0.25) is 19.5 Å². The number of halogens is 4. The Kier molecular flexibility index (Phi) is 6.53. The molecule has 1 N–H and O–H groups in total. The standard InChI is InChI=1S/C24H16BrF3N2O5/c1-34-18-7-2-14(12-17(18)25)21(31)19-20(13-8-10-29-11-9-13)30(23(33)22(19)32)15-3-5-16(6-4-15)35-24(26,27)28/h2-12,20,31H,1H3/b21-19-. The van der Waals surface area contributed by atoms with E-state index >= 15 is 0 Å². The van der Waals surface area contributed by atoms with Gasteiger partial charge < -0.3 is 14.6 Å². The lowest BCUT2D eigenvalue weighted by atomic mass is 9.95. The molecule has 1 saturated heterocycles. The molecule has 1 unspecified atom stereocenters. The van der Waals surface area contributed by atoms with Gasteiger partial charge in [-0.2, -0.15) is 0 Å². The van der Waals surface area contributed by atoms with E-state index in [1.165, 1.54) is 43.8 Å². The van der Waals surface area contributed by atoms with Gasteiger partial charge in [0.15, 0.2) is 0 Å². The van der Waals surface area contributed by atoms with Gasteiger partial charge in [0, 0.05) is 23.6 Å². The molecule has 0 bridgehead atoms. The fourth-order valence-corrected chi connectivity index (χ4v) is 4.28. The van der Waals surface area contributed by atoms with Gasteiger partial charge in [-0.05, 0) is 76.1 Å². The summed E-state index contributed by atoms with van der Waals surface area (Å²) in [6.45, 7) is 0. The number of anilines is 1. The highest BCUT2D eigenvalue weighted by atomic mass is 79.9. The van der Waals surface area contributed by atoms with Gasteiger partial charge in [-0.25, -0.2) is 0 Å². The maximum Gasteiger partial charge on any atom is 0.573 e. The van der Waals surface area contributed by atoms with E-state index in [4.69, 9.17) is 4.74 Å². The zero-order valence-corrected chi connectivity index (χ0v) is 19.5. The number of pyridine rings is 1. The molecule has 4 rings (SSSR count). The molecule has 0 radical (unpaired) electrons. The molecule has 0 aliphatic carbocycles. The van der Waals surface area contributed by atoms with Crippen molar-refractivity contribution in [2.24, 2.45) is 0 Å². The average Bonchev–Trinajstić information content (AvgIpc) is 3.09. The fourth-order valence-electron chi connectivity index (χ4n) is 3.74. The summed E-state index contributed by atoms with van der Waals surface area (Å²) in [6.07, 6.45) is -1.96. The van der Waals surface area contributed by atoms with Gasteiger partial charge in [0.2, 0.25) is 0 Å². The lowest BCUT2D eigenvalue weighted by Gasteiger charge is -2.25. The van der Waals surface area contributed by atoms with Gasteiger partial charge in [0.1, 0.15) is 17.3 Å². The van der Waals surface area contributed by atoms with Crippen molar-refractivity contribution >= 4 is 39.1 Å². The number of carbonyl (C=O) groups excluding carboxylic acids is 2. The van der Waals surface area contributed by atoms with Crippen LogP contribution in [0.4, 0.5) is 18.9 Å². The first-order valence-corrected chi connectivity index (χ1v) is 10.8. The maximum absolute atomic E-state index is 13.1. The van der Waals surface area contributed by atoms with E-state index in [1.807, 2.05) is 0 Å². The fraction of sp³-hybridized carbons (Fsp3) is 0.125. The van der Waals surface area contributed by atoms with E-state index in [0.717, 1.165) is 17.0 Å². The molecule has 1 aliphatic heterocycles. The molecule has 1 atom stereocenters. The van der Waals surface area contributed by atoms with Crippen molar-refractivity contribution in [2.75, 3.05) is 12.0 Å². The number of methoxy groups -OCH3 is 1. The van der Waals surface area contributed by atoms with Crippen LogP contribution < -0.4 is 14.4 Å². The first-order valence-electron chi connectivity index (χ1n) is 10.0. The number of rotatable bonds is 5. The second kappa shape index (κ2) is 9.41. The van der Waals surface area contributed by atoms with E-state index in [1.54, 1.807) is 18.2 Å². The Hall–Kier alpha value is -3.86. The number of ether oxygens (including phenoxy) is 2. The van der Waals surface area contributed by atoms with Gasteiger partial charge in [-0.15, -0.1) is 13.2 Å². The predicted molar refractivity (Wildman–Crippen MR) is 123 cm³/mol. The third-order valence-corrected chi connectivity index (χ3v) is 5.86. The molecule has 11 heteroatoms. The van der Waals surface area contributed by atoms with Crippen LogP contribution in [-0.4, -0.2) is 35.3 Å². The van der Waals surface area contributed by atoms with Crippen LogP contribution in [0.15, 0.2) is 77.0 Å². The van der Waals surface area contributed by atoms with Crippen LogP contribution in [0.1, 0.15) is 17.2 Å². The number of nitrogens with zero attached hydrogens (tertiary/aromatic N) is 2. The number of benzene rings is 2. The molecule has 0 saturated carbocycles. The topological polar surface area (TPSA) is 89.0 Å². The Morgan fingerprint density at radius 3 is 2.29 bits per heavy atom. The largest absolute Gasteiger partial charge is 0.573 e. The van der Waals surface area contributed by atoms with Crippen molar-refractivity contribution in [1.82, 2.24) is 4.98 Å². The van der Waals surface area contributed by atoms with Gasteiger partial charge in [-0.1, -0.05) is 0 Å². The third-order valence-electron chi connectivity index (χ3n) is 5.24. The summed E-state index contributed by atoms with van der Waals surface area (Å²) in [5.41, 5.74) is 0.667. The Labute approximate surface area is 205 Å². The molecule has 2 aromatic carbocycles. The minimum absolute atomic E-state index is 0.137. The highest BCUT2D eigenvalue weighted by molar-refractivity contribution is 9.10. The first kappa shape index (κ1) is 24.3. The predicted octanol–water partition coefficient (Wildman–Crippen LogP) is 5.38. The van der Waals surface area contributed by atoms with E-state index in [0.29, 0.717) is 15.8 Å². The summed E-state index contributed by atoms with van der Waals surface area (Å²) in [7, 11) is 1.47. The molecule has 1 aliphatic rings. The zero-order chi connectivity index (χ0) is 25.3. The van der Waals surface area contributed by atoms with Crippen molar-refractivity contribution in [2.45, 2.75) is 12.4 Å². The van der Waals surface area contributed by atoms with Crippen molar-refractivity contribution in [3.63, 3.8) is 0 Å². The number of aliphatic hydroxyl groups excluding tert-OH is 1. The molecule has 3 aromatic rings. The van der Waals surface area contributed by atoms with E-state index < -0.39 is 35.6 Å². The molecular weight excluding hydrogens is 533 g/mol. The van der Waals surface area contributed by atoms with Crippen molar-refractivity contribution in [3.8, 4) is 11.5 Å². The first-order chi connectivity index (χ1) is 16.6. The third kappa shape index (κ3) is 4.85. The maximum atomic E-state index is 13.1. The quantitative estimate of drug-likeness (QED) is 0.261. The van der Waals surface area contributed by atoms with Gasteiger partial charge >= 0.3 is 6.36 Å². The van der Waals surface area contributed by atoms with E-state index in [9.17, 15) is 27.9 Å². The second-order valence-corrected chi connectivity index (χ2v) is 8.20. The lowest BCUT2D eigenvalue weighted by molar-refractivity contribution is -0.274. The van der Waals surface area contributed by atoms with Crippen molar-refractivity contribution < 1.29 is 37.3 Å². The van der Waals surface area contributed by atoms with Crippen LogP contribution in [0.2, 0.25) is 0 Å². The highest BCUT2D eigenvalue weighted by Gasteiger charge is 2.47. The smallest absolute Gasteiger partial charge is 0.507 e. The van der Waals surface area contributed by atoms with Crippen LogP contribution >= 0.6 is 15.9 Å². The van der Waals surface area contributed by atoms with Gasteiger partial charge in [0.05, 0.1) is 23.2 Å². The van der Waals surface area contributed by atoms with Crippen LogP contribution in [0.3, 0.4) is 0 Å². The summed E-state index contributed by atoms with van der Waals surface area (Å²) in [6, 6.07) is 11.2. The molecule has 2 heterocycles. The molecule has 0 spiro atoms. The number of Topliss-reactive ketones (excluding diaryl/α,β-unsaturated/α-hetero) is 1. The SMILES string of the molecule is COc1ccc(/C(O)=C2/C(=O)C(=O)N(c3ccc(OC(F)(F)F)cc3)C2c2ccncc2)cc1Br. The molecule has 180 valence electrons. The summed E-state index contributed by atoms with van der Waals surface area (Å²) in [4.78, 5) is 31.3.